The smallest absolute Gasteiger partial charge is 0.222 e. The second kappa shape index (κ2) is 8.87. The number of carbonyl (C=O) groups is 2. The van der Waals surface area contributed by atoms with Gasteiger partial charge in [0.05, 0.1) is 5.69 Å². The molecule has 150 valence electrons. The zero-order chi connectivity index (χ0) is 19.4. The van der Waals surface area contributed by atoms with Crippen molar-refractivity contribution < 1.29 is 18.8 Å². The van der Waals surface area contributed by atoms with Gasteiger partial charge in [0.1, 0.15) is 5.76 Å². The summed E-state index contributed by atoms with van der Waals surface area (Å²) in [7, 11) is 1.69. The maximum absolute atomic E-state index is 12.7. The molecule has 0 aromatic carbocycles. The molecule has 2 aliphatic heterocycles. The van der Waals surface area contributed by atoms with Crippen LogP contribution in [-0.2, 0) is 20.7 Å². The number of hydrogen-bond acceptors (Lipinski definition) is 5. The molecule has 1 aromatic heterocycles. The van der Waals surface area contributed by atoms with E-state index in [1.807, 2.05) is 23.6 Å². The van der Waals surface area contributed by atoms with E-state index in [-0.39, 0.29) is 17.9 Å². The molecule has 0 spiro atoms. The normalized spacial score (nSPS) is 22.9. The number of fused-ring (bicyclic) bond motifs is 1. The third kappa shape index (κ3) is 4.51. The van der Waals surface area contributed by atoms with Gasteiger partial charge in [0.2, 0.25) is 11.8 Å². The van der Waals surface area contributed by atoms with E-state index in [1.165, 1.54) is 0 Å². The van der Waals surface area contributed by atoms with Gasteiger partial charge in [0.15, 0.2) is 0 Å². The summed E-state index contributed by atoms with van der Waals surface area (Å²) in [6, 6.07) is 0.273. The summed E-state index contributed by atoms with van der Waals surface area (Å²) in [5.74, 6) is 1.64. The van der Waals surface area contributed by atoms with Gasteiger partial charge in [-0.2, -0.15) is 0 Å². The van der Waals surface area contributed by atoms with Gasteiger partial charge in [-0.25, -0.2) is 0 Å². The molecule has 2 atom stereocenters. The van der Waals surface area contributed by atoms with E-state index >= 15 is 0 Å². The number of likely N-dealkylation sites (tertiary alicyclic amines) is 2. The number of aryl methyl sites for hydroxylation is 2. The SMILES string of the molecule is COCCCN1C(=O)CC[C@H]2CN(C(=O)CCc3c(C)noc3C)CC[C@H]21. The molecule has 27 heavy (non-hydrogen) atoms. The highest BCUT2D eigenvalue weighted by atomic mass is 16.5. The van der Waals surface area contributed by atoms with Crippen molar-refractivity contribution >= 4 is 11.8 Å². The molecule has 1 aromatic rings. The monoisotopic (exact) mass is 377 g/mol. The molecule has 0 unspecified atom stereocenters. The van der Waals surface area contributed by atoms with Crippen LogP contribution < -0.4 is 0 Å². The minimum absolute atomic E-state index is 0.191. The molecule has 0 aliphatic carbocycles. The van der Waals surface area contributed by atoms with Gasteiger partial charge in [-0.05, 0) is 45.4 Å². The summed E-state index contributed by atoms with van der Waals surface area (Å²) in [5, 5.41) is 3.96. The number of carbonyl (C=O) groups excluding carboxylic acids is 2. The van der Waals surface area contributed by atoms with Gasteiger partial charge in [-0.15, -0.1) is 0 Å². The average molecular weight is 377 g/mol. The minimum Gasteiger partial charge on any atom is -0.385 e. The Balaban J connectivity index is 1.54. The van der Waals surface area contributed by atoms with Crippen LogP contribution in [0.4, 0.5) is 0 Å². The van der Waals surface area contributed by atoms with Crippen molar-refractivity contribution in [3.63, 3.8) is 0 Å². The maximum Gasteiger partial charge on any atom is 0.222 e. The van der Waals surface area contributed by atoms with Crippen LogP contribution in [0.1, 0.15) is 49.1 Å². The number of methoxy groups -OCH3 is 1. The molecule has 2 amide bonds. The second-order valence-electron chi connectivity index (χ2n) is 7.73. The fraction of sp³-hybridized carbons (Fsp3) is 0.750. The van der Waals surface area contributed by atoms with Crippen LogP contribution in [0.5, 0.6) is 0 Å². The Kier molecular flexibility index (Phi) is 6.52. The summed E-state index contributed by atoms with van der Waals surface area (Å²) < 4.78 is 10.3. The van der Waals surface area contributed by atoms with Crippen molar-refractivity contribution in [2.24, 2.45) is 5.92 Å². The number of rotatable bonds is 7. The highest BCUT2D eigenvalue weighted by Crippen LogP contribution is 2.31. The summed E-state index contributed by atoms with van der Waals surface area (Å²) in [5.41, 5.74) is 1.92. The number of hydrogen-bond donors (Lipinski definition) is 0. The summed E-state index contributed by atoms with van der Waals surface area (Å²) in [6.45, 7) is 6.73. The van der Waals surface area contributed by atoms with Gasteiger partial charge >= 0.3 is 0 Å². The average Bonchev–Trinajstić information content (AvgIpc) is 2.99. The first-order valence-corrected chi connectivity index (χ1v) is 9.99. The predicted octanol–water partition coefficient (Wildman–Crippen LogP) is 2.10. The molecule has 0 N–H and O–H groups in total. The van der Waals surface area contributed by atoms with Crippen molar-refractivity contribution in [3.05, 3.63) is 17.0 Å². The Labute approximate surface area is 161 Å². The molecule has 0 bridgehead atoms. The van der Waals surface area contributed by atoms with Crippen molar-refractivity contribution in [2.45, 2.75) is 58.4 Å². The quantitative estimate of drug-likeness (QED) is 0.680. The minimum atomic E-state index is 0.191. The topological polar surface area (TPSA) is 75.9 Å². The first kappa shape index (κ1) is 19.9. The fourth-order valence-electron chi connectivity index (χ4n) is 4.50. The van der Waals surface area contributed by atoms with Crippen LogP contribution in [0, 0.1) is 19.8 Å². The molecule has 2 aliphatic rings. The Morgan fingerprint density at radius 1 is 1.33 bits per heavy atom. The number of nitrogens with zero attached hydrogens (tertiary/aromatic N) is 3. The predicted molar refractivity (Wildman–Crippen MR) is 100 cm³/mol. The molecule has 7 nitrogen and oxygen atoms in total. The van der Waals surface area contributed by atoms with E-state index in [1.54, 1.807) is 7.11 Å². The zero-order valence-electron chi connectivity index (χ0n) is 16.7. The third-order valence-electron chi connectivity index (χ3n) is 6.01. The van der Waals surface area contributed by atoms with E-state index in [0.717, 1.165) is 55.9 Å². The lowest BCUT2D eigenvalue weighted by molar-refractivity contribution is -0.144. The van der Waals surface area contributed by atoms with Crippen molar-refractivity contribution in [1.82, 2.24) is 15.0 Å². The van der Waals surface area contributed by atoms with E-state index in [4.69, 9.17) is 9.26 Å². The second-order valence-corrected chi connectivity index (χ2v) is 7.73. The molecule has 0 saturated carbocycles. The molecule has 7 heteroatoms. The lowest BCUT2D eigenvalue weighted by atomic mass is 9.83. The Morgan fingerprint density at radius 2 is 2.15 bits per heavy atom. The Hall–Kier alpha value is -1.89. The van der Waals surface area contributed by atoms with Crippen LogP contribution in [0.3, 0.4) is 0 Å². The maximum atomic E-state index is 12.7. The van der Waals surface area contributed by atoms with Gasteiger partial charge in [-0.1, -0.05) is 5.16 Å². The van der Waals surface area contributed by atoms with Gasteiger partial charge < -0.3 is 19.1 Å². The van der Waals surface area contributed by atoms with E-state index in [2.05, 4.69) is 5.16 Å². The van der Waals surface area contributed by atoms with Gasteiger partial charge in [-0.3, -0.25) is 9.59 Å². The van der Waals surface area contributed by atoms with Gasteiger partial charge in [0.25, 0.3) is 0 Å². The van der Waals surface area contributed by atoms with Crippen LogP contribution in [-0.4, -0.2) is 66.2 Å². The van der Waals surface area contributed by atoms with E-state index in [0.29, 0.717) is 31.8 Å². The van der Waals surface area contributed by atoms with E-state index < -0.39 is 0 Å². The van der Waals surface area contributed by atoms with Crippen LogP contribution >= 0.6 is 0 Å². The molecular weight excluding hydrogens is 346 g/mol. The lowest BCUT2D eigenvalue weighted by Crippen LogP contribution is -2.57. The van der Waals surface area contributed by atoms with Crippen LogP contribution in [0.15, 0.2) is 4.52 Å². The number of aromatic nitrogens is 1. The summed E-state index contributed by atoms with van der Waals surface area (Å²) in [6.07, 6.45) is 4.38. The largest absolute Gasteiger partial charge is 0.385 e. The van der Waals surface area contributed by atoms with Crippen molar-refractivity contribution in [2.75, 3.05) is 33.4 Å². The highest BCUT2D eigenvalue weighted by Gasteiger charge is 2.39. The first-order chi connectivity index (χ1) is 13.0. The summed E-state index contributed by atoms with van der Waals surface area (Å²) >= 11 is 0. The highest BCUT2D eigenvalue weighted by molar-refractivity contribution is 5.78. The lowest BCUT2D eigenvalue weighted by Gasteiger charge is -2.47. The number of piperidine rings is 2. The summed E-state index contributed by atoms with van der Waals surface area (Å²) in [4.78, 5) is 29.1. The standard InChI is InChI=1S/C20H31N3O4/c1-14-17(15(2)27-21-14)6-8-19(24)22-11-9-18-16(13-22)5-7-20(25)23(18)10-4-12-26-3/h16,18H,4-13H2,1-3H3/t16-,18+/m0/s1. The number of ether oxygens (including phenoxy) is 1. The fourth-order valence-corrected chi connectivity index (χ4v) is 4.50. The Morgan fingerprint density at radius 3 is 2.85 bits per heavy atom. The van der Waals surface area contributed by atoms with Crippen LogP contribution in [0.25, 0.3) is 0 Å². The third-order valence-corrected chi connectivity index (χ3v) is 6.01. The van der Waals surface area contributed by atoms with Crippen molar-refractivity contribution in [1.29, 1.82) is 0 Å². The molecule has 2 saturated heterocycles. The molecule has 3 heterocycles. The first-order valence-electron chi connectivity index (χ1n) is 9.99. The number of amides is 2. The zero-order valence-corrected chi connectivity index (χ0v) is 16.7. The molecular formula is C20H31N3O4. The van der Waals surface area contributed by atoms with Crippen molar-refractivity contribution in [3.8, 4) is 0 Å². The van der Waals surface area contributed by atoms with Gasteiger partial charge in [0, 0.05) is 57.8 Å². The van der Waals surface area contributed by atoms with Crippen LogP contribution in [0.2, 0.25) is 0 Å². The molecule has 0 radical (unpaired) electrons. The Bertz CT molecular complexity index is 653. The van der Waals surface area contributed by atoms with E-state index in [9.17, 15) is 9.59 Å². The molecule has 3 rings (SSSR count). The molecule has 2 fully saturated rings.